The average molecular weight is 148 g/mol. The molecule has 3 nitrogen and oxygen atoms in total. The van der Waals surface area contributed by atoms with Crippen LogP contribution in [0, 0.1) is 0 Å². The van der Waals surface area contributed by atoms with E-state index in [0.29, 0.717) is 6.54 Å². The molecule has 4 heteroatoms. The third-order valence-corrected chi connectivity index (χ3v) is 1.56. The smallest absolute Gasteiger partial charge is 0.131 e. The summed E-state index contributed by atoms with van der Waals surface area (Å²) >= 11 is -1.05. The fourth-order valence-electron chi connectivity index (χ4n) is 0.336. The van der Waals surface area contributed by atoms with Crippen molar-refractivity contribution >= 4 is 11.4 Å². The molecule has 0 aromatic heterocycles. The van der Waals surface area contributed by atoms with Gasteiger partial charge in [-0.05, 0) is 13.6 Å². The molecule has 54 valence electrons. The van der Waals surface area contributed by atoms with Crippen LogP contribution in [0.2, 0.25) is 0 Å². The molecule has 0 fully saturated rings. The minimum absolute atomic E-state index is 0.704. The molecule has 1 unspecified atom stereocenters. The minimum Gasteiger partial charge on any atom is -0.593 e. The molecular weight excluding hydrogens is 136 g/mol. The molecule has 0 aliphatic carbocycles. The Balaban J connectivity index is 2.96. The van der Waals surface area contributed by atoms with Gasteiger partial charge in [-0.25, -0.2) is 0 Å². The summed E-state index contributed by atoms with van der Waals surface area (Å²) in [6.07, 6.45) is 0. The fourth-order valence-corrected chi connectivity index (χ4v) is 0.757. The second-order valence-corrected chi connectivity index (χ2v) is 2.68. The second-order valence-electron chi connectivity index (χ2n) is 1.46. The van der Waals surface area contributed by atoms with Gasteiger partial charge in [0.2, 0.25) is 0 Å². The largest absolute Gasteiger partial charge is 0.593 e. The topological polar surface area (TPSA) is 47.1 Å². The van der Waals surface area contributed by atoms with Crippen LogP contribution in [0.1, 0.15) is 0 Å². The monoisotopic (exact) mass is 148 g/mol. The van der Waals surface area contributed by atoms with Crippen molar-refractivity contribution in [2.75, 3.05) is 20.1 Å². The lowest BCUT2D eigenvalue weighted by Crippen LogP contribution is -2.28. The molecular formula is C5H12N2OS. The van der Waals surface area contributed by atoms with Gasteiger partial charge in [0.1, 0.15) is 5.41 Å². The van der Waals surface area contributed by atoms with E-state index >= 15 is 0 Å². The first kappa shape index (κ1) is 8.97. The van der Waals surface area contributed by atoms with Crippen LogP contribution in [-0.4, -0.2) is 24.7 Å². The predicted octanol–water partition coefficient (Wildman–Crippen LogP) is -0.397. The van der Waals surface area contributed by atoms with E-state index in [0.717, 1.165) is 6.54 Å². The Morgan fingerprint density at radius 1 is 1.67 bits per heavy atom. The van der Waals surface area contributed by atoms with E-state index in [9.17, 15) is 4.55 Å². The average Bonchev–Trinajstić information content (AvgIpc) is 1.89. The second kappa shape index (κ2) is 6.10. The Morgan fingerprint density at radius 3 is 2.78 bits per heavy atom. The number of hydrogen-bond acceptors (Lipinski definition) is 3. The van der Waals surface area contributed by atoms with Gasteiger partial charge in [0.15, 0.2) is 0 Å². The maximum Gasteiger partial charge on any atom is 0.131 e. The van der Waals surface area contributed by atoms with Gasteiger partial charge in [0, 0.05) is 6.54 Å². The maximum atomic E-state index is 10.5. The van der Waals surface area contributed by atoms with Crippen molar-refractivity contribution < 1.29 is 4.55 Å². The van der Waals surface area contributed by atoms with E-state index in [4.69, 9.17) is 0 Å². The first-order valence-electron chi connectivity index (χ1n) is 2.72. The number of hydrogen-bond donors (Lipinski definition) is 2. The van der Waals surface area contributed by atoms with Crippen LogP contribution < -0.4 is 10.0 Å². The highest BCUT2D eigenvalue weighted by molar-refractivity contribution is 7.92. The summed E-state index contributed by atoms with van der Waals surface area (Å²) in [4.78, 5) is 0. The molecule has 0 saturated carbocycles. The lowest BCUT2D eigenvalue weighted by molar-refractivity contribution is 0.588. The Morgan fingerprint density at radius 2 is 2.33 bits per heavy atom. The number of rotatable bonds is 5. The van der Waals surface area contributed by atoms with E-state index in [1.54, 1.807) is 0 Å². The van der Waals surface area contributed by atoms with Crippen molar-refractivity contribution in [2.24, 2.45) is 0 Å². The Hall–Kier alpha value is -0.0300. The van der Waals surface area contributed by atoms with Gasteiger partial charge in [-0.3, -0.25) is 0 Å². The van der Waals surface area contributed by atoms with E-state index in [1.165, 1.54) is 5.41 Å². The zero-order chi connectivity index (χ0) is 7.11. The van der Waals surface area contributed by atoms with Crippen molar-refractivity contribution in [2.45, 2.75) is 0 Å². The summed E-state index contributed by atoms with van der Waals surface area (Å²) in [5.74, 6) is 0. The molecule has 0 saturated heterocycles. The third-order valence-electron chi connectivity index (χ3n) is 0.771. The molecule has 2 N–H and O–H groups in total. The molecule has 0 aliphatic heterocycles. The summed E-state index contributed by atoms with van der Waals surface area (Å²) in [6, 6.07) is 0. The number of likely N-dealkylation sites (N-methyl/N-ethyl adjacent to an activating group) is 1. The van der Waals surface area contributed by atoms with Gasteiger partial charge in [0.05, 0.1) is 17.9 Å². The zero-order valence-corrected chi connectivity index (χ0v) is 6.33. The van der Waals surface area contributed by atoms with Crippen LogP contribution in [0.4, 0.5) is 0 Å². The first-order chi connectivity index (χ1) is 4.31. The van der Waals surface area contributed by atoms with Crippen molar-refractivity contribution in [1.82, 2.24) is 10.0 Å². The normalized spacial score (nSPS) is 13.1. The van der Waals surface area contributed by atoms with Gasteiger partial charge in [-0.1, -0.05) is 0 Å². The van der Waals surface area contributed by atoms with Crippen molar-refractivity contribution in [3.63, 3.8) is 0 Å². The van der Waals surface area contributed by atoms with E-state index < -0.39 is 11.4 Å². The van der Waals surface area contributed by atoms with E-state index in [1.807, 2.05) is 7.05 Å². The summed E-state index contributed by atoms with van der Waals surface area (Å²) < 4.78 is 13.3. The fraction of sp³-hybridized carbons (Fsp3) is 0.600. The molecule has 0 rings (SSSR count). The summed E-state index contributed by atoms with van der Waals surface area (Å²) in [5, 5.41) is 4.29. The molecule has 9 heavy (non-hydrogen) atoms. The molecule has 0 aromatic rings. The highest BCUT2D eigenvalue weighted by Gasteiger charge is 1.94. The van der Waals surface area contributed by atoms with Crippen LogP contribution in [0.3, 0.4) is 0 Å². The lowest BCUT2D eigenvalue weighted by atomic mass is 10.7. The summed E-state index contributed by atoms with van der Waals surface area (Å²) in [6.45, 7) is 4.88. The van der Waals surface area contributed by atoms with Crippen LogP contribution in [0.5, 0.6) is 0 Å². The van der Waals surface area contributed by atoms with Gasteiger partial charge < -0.3 is 9.87 Å². The Labute approximate surface area is 58.8 Å². The molecule has 0 aliphatic rings. The SMILES string of the molecule is C=C[S+]([O-])NCCNC. The standard InChI is InChI=1S/C5H12N2OS/c1-3-9(8)7-5-4-6-2/h3,6-7H,1,4-5H2,2H3. The molecule has 0 heterocycles. The van der Waals surface area contributed by atoms with Gasteiger partial charge in [-0.15, -0.1) is 4.72 Å². The van der Waals surface area contributed by atoms with Gasteiger partial charge in [-0.2, -0.15) is 0 Å². The van der Waals surface area contributed by atoms with Crippen molar-refractivity contribution in [3.05, 3.63) is 12.0 Å². The zero-order valence-electron chi connectivity index (χ0n) is 5.52. The highest BCUT2D eigenvalue weighted by atomic mass is 32.2. The van der Waals surface area contributed by atoms with Crippen molar-refractivity contribution in [1.29, 1.82) is 0 Å². The summed E-state index contributed by atoms with van der Waals surface area (Å²) in [5.41, 5.74) is 0. The number of nitrogens with one attached hydrogen (secondary N) is 2. The van der Waals surface area contributed by atoms with E-state index in [-0.39, 0.29) is 0 Å². The van der Waals surface area contributed by atoms with Crippen LogP contribution in [0.25, 0.3) is 0 Å². The summed E-state index contributed by atoms with van der Waals surface area (Å²) in [7, 11) is 1.85. The maximum absolute atomic E-state index is 10.5. The van der Waals surface area contributed by atoms with E-state index in [2.05, 4.69) is 16.6 Å². The van der Waals surface area contributed by atoms with Gasteiger partial charge in [0.25, 0.3) is 0 Å². The highest BCUT2D eigenvalue weighted by Crippen LogP contribution is 1.80. The minimum atomic E-state index is -1.05. The van der Waals surface area contributed by atoms with Crippen molar-refractivity contribution in [3.8, 4) is 0 Å². The molecule has 0 aromatic carbocycles. The Kier molecular flexibility index (Phi) is 6.08. The molecule has 0 amide bonds. The Bertz CT molecular complexity index is 79.4. The first-order valence-corrected chi connectivity index (χ1v) is 3.93. The third kappa shape index (κ3) is 5.85. The molecule has 1 atom stereocenters. The molecule has 0 radical (unpaired) electrons. The molecule has 0 spiro atoms. The van der Waals surface area contributed by atoms with Crippen LogP contribution in [0.15, 0.2) is 12.0 Å². The molecule has 0 bridgehead atoms. The quantitative estimate of drug-likeness (QED) is 0.412. The lowest BCUT2D eigenvalue weighted by Gasteiger charge is -2.04. The van der Waals surface area contributed by atoms with Crippen LogP contribution >= 0.6 is 0 Å². The van der Waals surface area contributed by atoms with Gasteiger partial charge >= 0.3 is 0 Å². The van der Waals surface area contributed by atoms with Crippen LogP contribution in [-0.2, 0) is 11.4 Å². The predicted molar refractivity (Wildman–Crippen MR) is 40.3 cm³/mol.